The minimum atomic E-state index is -0.0243. The van der Waals surface area contributed by atoms with E-state index in [1.807, 2.05) is 25.1 Å². The molecule has 0 amide bonds. The molecule has 1 unspecified atom stereocenters. The maximum Gasteiger partial charge on any atom is 0.190 e. The van der Waals surface area contributed by atoms with Crippen LogP contribution in [-0.4, -0.2) is 19.2 Å². The Balaban J connectivity index is 2.03. The molecule has 0 aliphatic heterocycles. The van der Waals surface area contributed by atoms with Crippen molar-refractivity contribution in [2.75, 3.05) is 13.7 Å². The van der Waals surface area contributed by atoms with Crippen LogP contribution in [0.2, 0.25) is 5.02 Å². The summed E-state index contributed by atoms with van der Waals surface area (Å²) in [5.74, 6) is 1.37. The van der Waals surface area contributed by atoms with Crippen molar-refractivity contribution in [2.24, 2.45) is 0 Å². The van der Waals surface area contributed by atoms with Gasteiger partial charge in [-0.3, -0.25) is 4.79 Å². The van der Waals surface area contributed by atoms with E-state index in [0.717, 1.165) is 29.6 Å². The Morgan fingerprint density at radius 1 is 1.15 bits per heavy atom. The monoisotopic (exact) mass is 392 g/mol. The van der Waals surface area contributed by atoms with Crippen LogP contribution >= 0.6 is 20.2 Å². The third-order valence-electron chi connectivity index (χ3n) is 4.14. The molecule has 0 aliphatic rings. The van der Waals surface area contributed by atoms with Crippen molar-refractivity contribution in [3.63, 3.8) is 0 Å². The van der Waals surface area contributed by atoms with E-state index in [1.54, 1.807) is 25.3 Å². The molecule has 0 bridgehead atoms. The topological polar surface area (TPSA) is 35.5 Å². The molecule has 26 heavy (non-hydrogen) atoms. The first kappa shape index (κ1) is 20.7. The van der Waals surface area contributed by atoms with Crippen molar-refractivity contribution in [3.05, 3.63) is 52.5 Å². The van der Waals surface area contributed by atoms with Gasteiger partial charge in [0.15, 0.2) is 5.52 Å². The predicted octanol–water partition coefficient (Wildman–Crippen LogP) is 5.76. The summed E-state index contributed by atoms with van der Waals surface area (Å²) in [6.07, 6.45) is 4.74. The van der Waals surface area contributed by atoms with Gasteiger partial charge in [-0.2, -0.15) is 0 Å². The fourth-order valence-electron chi connectivity index (χ4n) is 2.66. The van der Waals surface area contributed by atoms with Crippen molar-refractivity contribution < 1.29 is 14.3 Å². The minimum Gasteiger partial charge on any atom is -0.496 e. The molecule has 2 aromatic carbocycles. The molecule has 3 nitrogen and oxygen atoms in total. The summed E-state index contributed by atoms with van der Waals surface area (Å²) in [5, 5.41) is 1.42. The minimum absolute atomic E-state index is 0.00997. The van der Waals surface area contributed by atoms with Crippen LogP contribution in [0.3, 0.4) is 0 Å². The molecule has 0 N–H and O–H groups in total. The summed E-state index contributed by atoms with van der Waals surface area (Å²) >= 11 is 6.21. The summed E-state index contributed by atoms with van der Waals surface area (Å²) in [4.78, 5) is 12.7. The summed E-state index contributed by atoms with van der Waals surface area (Å²) in [5.41, 5.74) is 1.48. The average molecular weight is 393 g/mol. The SMILES string of the molecule is CCCCCCOc1ccc(PC(=O)c2c(Cl)cccc2OC)c(C)c1. The highest BCUT2D eigenvalue weighted by Gasteiger charge is 2.17. The number of ether oxygens (including phenoxy) is 2. The van der Waals surface area contributed by atoms with Gasteiger partial charge in [0, 0.05) is 0 Å². The van der Waals surface area contributed by atoms with Gasteiger partial charge in [0.2, 0.25) is 0 Å². The Hall–Kier alpha value is -1.57. The van der Waals surface area contributed by atoms with Gasteiger partial charge >= 0.3 is 0 Å². The van der Waals surface area contributed by atoms with Crippen LogP contribution in [0, 0.1) is 6.92 Å². The van der Waals surface area contributed by atoms with E-state index in [4.69, 9.17) is 21.1 Å². The van der Waals surface area contributed by atoms with Gasteiger partial charge in [-0.1, -0.05) is 49.9 Å². The first-order valence-corrected chi connectivity index (χ1v) is 10.3. The Labute approximate surface area is 162 Å². The number of carbonyl (C=O) groups is 1. The maximum atomic E-state index is 12.7. The largest absolute Gasteiger partial charge is 0.496 e. The lowest BCUT2D eigenvalue weighted by Crippen LogP contribution is -2.07. The van der Waals surface area contributed by atoms with Crippen LogP contribution in [0.5, 0.6) is 11.5 Å². The summed E-state index contributed by atoms with van der Waals surface area (Å²) in [7, 11) is 1.54. The standard InChI is InChI=1S/C21H26ClO3P/c1-4-5-6-7-13-25-16-11-12-19(15(2)14-16)26-21(23)20-17(22)9-8-10-18(20)24-3/h8-12,14,26H,4-7,13H2,1-3H3. The Kier molecular flexibility index (Phi) is 8.41. The van der Waals surface area contributed by atoms with Crippen LogP contribution in [-0.2, 0) is 0 Å². The van der Waals surface area contributed by atoms with Gasteiger partial charge in [-0.05, 0) is 57.1 Å². The van der Waals surface area contributed by atoms with Crippen molar-refractivity contribution in [1.82, 2.24) is 0 Å². The zero-order chi connectivity index (χ0) is 18.9. The molecule has 2 rings (SSSR count). The number of benzene rings is 2. The zero-order valence-corrected chi connectivity index (χ0v) is 17.4. The lowest BCUT2D eigenvalue weighted by molar-refractivity contribution is 0.108. The number of halogens is 1. The number of aryl methyl sites for hydroxylation is 1. The first-order chi connectivity index (χ1) is 12.6. The van der Waals surface area contributed by atoms with Gasteiger partial charge in [-0.25, -0.2) is 0 Å². The highest BCUT2D eigenvalue weighted by molar-refractivity contribution is 7.66. The number of rotatable bonds is 10. The molecule has 2 aromatic rings. The molecule has 0 fully saturated rings. The summed E-state index contributed by atoms with van der Waals surface area (Å²) in [6.45, 7) is 4.93. The molecule has 0 saturated carbocycles. The number of hydrogen-bond donors (Lipinski definition) is 0. The Morgan fingerprint density at radius 3 is 2.65 bits per heavy atom. The molecule has 140 valence electrons. The van der Waals surface area contributed by atoms with Crippen LogP contribution < -0.4 is 14.8 Å². The highest BCUT2D eigenvalue weighted by Crippen LogP contribution is 2.33. The lowest BCUT2D eigenvalue weighted by atomic mass is 10.2. The molecule has 0 aromatic heterocycles. The smallest absolute Gasteiger partial charge is 0.190 e. The number of carbonyl (C=O) groups excluding carboxylic acids is 1. The van der Waals surface area contributed by atoms with E-state index >= 15 is 0 Å². The van der Waals surface area contributed by atoms with Gasteiger partial charge in [0.1, 0.15) is 11.5 Å². The van der Waals surface area contributed by atoms with Crippen molar-refractivity contribution in [3.8, 4) is 11.5 Å². The molecule has 1 atom stereocenters. The van der Waals surface area contributed by atoms with Gasteiger partial charge in [0.25, 0.3) is 0 Å². The third kappa shape index (κ3) is 5.72. The predicted molar refractivity (Wildman–Crippen MR) is 111 cm³/mol. The van der Waals surface area contributed by atoms with Gasteiger partial charge in [0.05, 0.1) is 24.3 Å². The average Bonchev–Trinajstić information content (AvgIpc) is 2.63. The Bertz CT molecular complexity index is 746. The van der Waals surface area contributed by atoms with E-state index in [0.29, 0.717) is 16.3 Å². The van der Waals surface area contributed by atoms with E-state index in [-0.39, 0.29) is 14.1 Å². The molecule has 0 radical (unpaired) electrons. The first-order valence-electron chi connectivity index (χ1n) is 8.94. The zero-order valence-electron chi connectivity index (χ0n) is 15.6. The van der Waals surface area contributed by atoms with Crippen LogP contribution in [0.25, 0.3) is 0 Å². The van der Waals surface area contributed by atoms with E-state index in [2.05, 4.69) is 6.92 Å². The molecule has 0 aliphatic carbocycles. The normalized spacial score (nSPS) is 11.1. The van der Waals surface area contributed by atoms with Crippen LogP contribution in [0.1, 0.15) is 48.5 Å². The second kappa shape index (κ2) is 10.5. The summed E-state index contributed by atoms with van der Waals surface area (Å²) in [6, 6.07) is 11.1. The van der Waals surface area contributed by atoms with Crippen LogP contribution in [0.4, 0.5) is 0 Å². The highest BCUT2D eigenvalue weighted by atomic mass is 35.5. The fraction of sp³-hybridized carbons (Fsp3) is 0.381. The van der Waals surface area contributed by atoms with E-state index in [9.17, 15) is 4.79 Å². The molecular weight excluding hydrogens is 367 g/mol. The summed E-state index contributed by atoms with van der Waals surface area (Å²) < 4.78 is 11.1. The molecule has 0 spiro atoms. The molecular formula is C21H26ClO3P. The third-order valence-corrected chi connectivity index (χ3v) is 5.76. The van der Waals surface area contributed by atoms with Gasteiger partial charge < -0.3 is 9.47 Å². The number of hydrogen-bond acceptors (Lipinski definition) is 3. The molecule has 0 saturated heterocycles. The Morgan fingerprint density at radius 2 is 1.96 bits per heavy atom. The second-order valence-electron chi connectivity index (χ2n) is 6.16. The van der Waals surface area contributed by atoms with Crippen molar-refractivity contribution in [2.45, 2.75) is 39.5 Å². The fourth-order valence-corrected chi connectivity index (χ4v) is 4.06. The lowest BCUT2D eigenvalue weighted by Gasteiger charge is -2.12. The van der Waals surface area contributed by atoms with Gasteiger partial charge in [-0.15, -0.1) is 0 Å². The quantitative estimate of drug-likeness (QED) is 0.381. The molecule has 0 heterocycles. The molecule has 5 heteroatoms. The second-order valence-corrected chi connectivity index (χ2v) is 7.81. The van der Waals surface area contributed by atoms with Crippen molar-refractivity contribution >= 4 is 31.0 Å². The number of unbranched alkanes of at least 4 members (excludes halogenated alkanes) is 3. The number of methoxy groups -OCH3 is 1. The van der Waals surface area contributed by atoms with E-state index < -0.39 is 0 Å². The van der Waals surface area contributed by atoms with Crippen LogP contribution in [0.15, 0.2) is 36.4 Å². The van der Waals surface area contributed by atoms with E-state index in [1.165, 1.54) is 19.3 Å². The maximum absolute atomic E-state index is 12.7. The van der Waals surface area contributed by atoms with Crippen molar-refractivity contribution in [1.29, 1.82) is 0 Å².